The molecule has 0 aliphatic heterocycles. The fraction of sp³-hybridized carbons (Fsp3) is 0.333. The molecule has 0 saturated carbocycles. The van der Waals surface area contributed by atoms with Gasteiger partial charge in [0.25, 0.3) is 0 Å². The van der Waals surface area contributed by atoms with Gasteiger partial charge in [0.15, 0.2) is 0 Å². The van der Waals surface area contributed by atoms with E-state index in [1.54, 1.807) is 0 Å². The van der Waals surface area contributed by atoms with Crippen molar-refractivity contribution in [3.8, 4) is 0 Å². The molecule has 1 nitrogen and oxygen atoms in total. The van der Waals surface area contributed by atoms with Crippen LogP contribution < -0.4 is 5.73 Å². The summed E-state index contributed by atoms with van der Waals surface area (Å²) in [5.74, 6) is 0.901. The zero-order valence-electron chi connectivity index (χ0n) is 6.74. The summed E-state index contributed by atoms with van der Waals surface area (Å²) in [5, 5.41) is 0. The molecule has 0 fully saturated rings. The zero-order valence-corrected chi connectivity index (χ0v) is 8.31. The van der Waals surface area contributed by atoms with Crippen molar-refractivity contribution in [3.63, 3.8) is 0 Å². The van der Waals surface area contributed by atoms with Crippen LogP contribution in [0.2, 0.25) is 0 Å². The summed E-state index contributed by atoms with van der Waals surface area (Å²) in [4.78, 5) is 0. The lowest BCUT2D eigenvalue weighted by Gasteiger charge is -2.10. The van der Waals surface area contributed by atoms with Gasteiger partial charge in [-0.05, 0) is 5.56 Å². The van der Waals surface area contributed by atoms with E-state index in [-0.39, 0.29) is 12.4 Å². The monoisotopic (exact) mass is 205 g/mol. The minimum Gasteiger partial charge on any atom is -0.330 e. The fourth-order valence-corrected chi connectivity index (χ4v) is 1.32. The van der Waals surface area contributed by atoms with Gasteiger partial charge in [0, 0.05) is 18.3 Å². The third kappa shape index (κ3) is 3.02. The molecule has 0 bridgehead atoms. The maximum Gasteiger partial charge on any atom is 0.0304 e. The van der Waals surface area contributed by atoms with Gasteiger partial charge in [-0.25, -0.2) is 0 Å². The first-order chi connectivity index (χ1) is 5.38. The van der Waals surface area contributed by atoms with Crippen LogP contribution in [0, 0.1) is 0 Å². The summed E-state index contributed by atoms with van der Waals surface area (Å²) >= 11 is 5.72. The molecule has 0 aromatic heterocycles. The van der Waals surface area contributed by atoms with E-state index >= 15 is 0 Å². The Balaban J connectivity index is 0.00000121. The molecule has 0 aliphatic rings. The van der Waals surface area contributed by atoms with Gasteiger partial charge in [0.2, 0.25) is 0 Å². The van der Waals surface area contributed by atoms with Crippen LogP contribution in [-0.2, 0) is 0 Å². The highest BCUT2D eigenvalue weighted by molar-refractivity contribution is 6.18. The van der Waals surface area contributed by atoms with Crippen LogP contribution >= 0.6 is 24.0 Å². The second-order valence-corrected chi connectivity index (χ2v) is 2.81. The van der Waals surface area contributed by atoms with E-state index in [1.165, 1.54) is 5.56 Å². The van der Waals surface area contributed by atoms with Crippen molar-refractivity contribution >= 4 is 24.0 Å². The molecule has 1 aromatic carbocycles. The molecule has 3 heteroatoms. The molecule has 12 heavy (non-hydrogen) atoms. The fourth-order valence-electron chi connectivity index (χ4n) is 1.01. The van der Waals surface area contributed by atoms with Crippen molar-refractivity contribution in [2.45, 2.75) is 5.92 Å². The molecule has 0 saturated heterocycles. The summed E-state index contributed by atoms with van der Waals surface area (Å²) in [6, 6.07) is 10.1. The number of alkyl halides is 1. The number of hydrogen-bond donors (Lipinski definition) is 1. The van der Waals surface area contributed by atoms with Crippen LogP contribution in [0.3, 0.4) is 0 Å². The summed E-state index contributed by atoms with van der Waals surface area (Å²) in [5.41, 5.74) is 6.76. The molecule has 0 aliphatic carbocycles. The Morgan fingerprint density at radius 3 is 2.25 bits per heavy atom. The number of hydrogen-bond acceptors (Lipinski definition) is 1. The van der Waals surface area contributed by atoms with Crippen LogP contribution in [0.1, 0.15) is 11.5 Å². The highest BCUT2D eigenvalue weighted by Gasteiger charge is 2.05. The van der Waals surface area contributed by atoms with Crippen LogP contribution in [0.25, 0.3) is 0 Å². The quantitative estimate of drug-likeness (QED) is 0.755. The van der Waals surface area contributed by atoms with Crippen LogP contribution in [0.5, 0.6) is 0 Å². The molecule has 0 amide bonds. The third-order valence-electron chi connectivity index (χ3n) is 1.74. The van der Waals surface area contributed by atoms with Gasteiger partial charge in [-0.1, -0.05) is 30.3 Å². The van der Waals surface area contributed by atoms with E-state index < -0.39 is 0 Å². The molecular weight excluding hydrogens is 193 g/mol. The second-order valence-electron chi connectivity index (χ2n) is 2.50. The first-order valence-corrected chi connectivity index (χ1v) is 4.23. The average Bonchev–Trinajstić information content (AvgIpc) is 2.09. The standard InChI is InChI=1S/C9H12ClN.ClH/c10-6-9(7-11)8-4-2-1-3-5-8;/h1-5,9H,6-7,11H2;1H. The van der Waals surface area contributed by atoms with Crippen molar-refractivity contribution < 1.29 is 0 Å². The predicted molar refractivity (Wildman–Crippen MR) is 56.2 cm³/mol. The van der Waals surface area contributed by atoms with Gasteiger partial charge in [-0.2, -0.15) is 0 Å². The van der Waals surface area contributed by atoms with Crippen molar-refractivity contribution in [1.82, 2.24) is 0 Å². The Morgan fingerprint density at radius 1 is 1.25 bits per heavy atom. The molecule has 0 spiro atoms. The smallest absolute Gasteiger partial charge is 0.0304 e. The highest BCUT2D eigenvalue weighted by atomic mass is 35.5. The first-order valence-electron chi connectivity index (χ1n) is 3.69. The SMILES string of the molecule is Cl.NCC(CCl)c1ccccc1. The molecule has 1 rings (SSSR count). The second kappa shape index (κ2) is 6.30. The maximum absolute atomic E-state index is 5.72. The third-order valence-corrected chi connectivity index (χ3v) is 2.11. The van der Waals surface area contributed by atoms with Gasteiger partial charge >= 0.3 is 0 Å². The van der Waals surface area contributed by atoms with Gasteiger partial charge < -0.3 is 5.73 Å². The molecule has 68 valence electrons. The Morgan fingerprint density at radius 2 is 1.83 bits per heavy atom. The minimum absolute atomic E-state index is 0. The molecule has 1 aromatic rings. The van der Waals surface area contributed by atoms with E-state index in [4.69, 9.17) is 17.3 Å². The van der Waals surface area contributed by atoms with Crippen molar-refractivity contribution in [1.29, 1.82) is 0 Å². The van der Waals surface area contributed by atoms with Gasteiger partial charge in [-0.3, -0.25) is 0 Å². The van der Waals surface area contributed by atoms with Crippen LogP contribution in [0.4, 0.5) is 0 Å². The van der Waals surface area contributed by atoms with Crippen molar-refractivity contribution in [2.75, 3.05) is 12.4 Å². The first kappa shape index (κ1) is 11.8. The maximum atomic E-state index is 5.72. The van der Waals surface area contributed by atoms with Crippen LogP contribution in [-0.4, -0.2) is 12.4 Å². The molecule has 1 unspecified atom stereocenters. The van der Waals surface area contributed by atoms with E-state index in [1.807, 2.05) is 18.2 Å². The minimum atomic E-state index is 0. The van der Waals surface area contributed by atoms with Gasteiger partial charge in [0.05, 0.1) is 0 Å². The topological polar surface area (TPSA) is 26.0 Å². The average molecular weight is 206 g/mol. The Labute approximate surface area is 84.3 Å². The van der Waals surface area contributed by atoms with Gasteiger partial charge in [-0.15, -0.1) is 24.0 Å². The molecule has 2 N–H and O–H groups in total. The lowest BCUT2D eigenvalue weighted by molar-refractivity contribution is 0.781. The normalized spacial score (nSPS) is 11.8. The van der Waals surface area contributed by atoms with Gasteiger partial charge in [0.1, 0.15) is 0 Å². The summed E-state index contributed by atoms with van der Waals surface area (Å²) < 4.78 is 0. The zero-order chi connectivity index (χ0) is 8.10. The Hall–Kier alpha value is -0.240. The Bertz CT molecular complexity index is 197. The predicted octanol–water partition coefficient (Wildman–Crippen LogP) is 2.39. The molecular formula is C9H13Cl2N. The Kier molecular flexibility index (Phi) is 6.17. The van der Waals surface area contributed by atoms with Crippen molar-refractivity contribution in [2.24, 2.45) is 5.73 Å². The largest absolute Gasteiger partial charge is 0.330 e. The summed E-state index contributed by atoms with van der Waals surface area (Å²) in [7, 11) is 0. The van der Waals surface area contributed by atoms with Crippen LogP contribution in [0.15, 0.2) is 30.3 Å². The van der Waals surface area contributed by atoms with E-state index in [9.17, 15) is 0 Å². The number of rotatable bonds is 3. The number of halogens is 2. The lowest BCUT2D eigenvalue weighted by atomic mass is 10.0. The molecule has 0 heterocycles. The lowest BCUT2D eigenvalue weighted by Crippen LogP contribution is -2.13. The van der Waals surface area contributed by atoms with Crippen molar-refractivity contribution in [3.05, 3.63) is 35.9 Å². The number of nitrogens with two attached hydrogens (primary N) is 1. The highest BCUT2D eigenvalue weighted by Crippen LogP contribution is 2.14. The molecule has 0 radical (unpaired) electrons. The van der Waals surface area contributed by atoms with E-state index in [0.717, 1.165) is 0 Å². The molecule has 1 atom stereocenters. The number of benzene rings is 1. The summed E-state index contributed by atoms with van der Waals surface area (Å²) in [6.45, 7) is 0.619. The van der Waals surface area contributed by atoms with E-state index in [2.05, 4.69) is 12.1 Å². The van der Waals surface area contributed by atoms with E-state index in [0.29, 0.717) is 18.3 Å². The summed E-state index contributed by atoms with van der Waals surface area (Å²) in [6.07, 6.45) is 0.